The lowest BCUT2D eigenvalue weighted by Crippen LogP contribution is -2.53. The van der Waals surface area contributed by atoms with Crippen LogP contribution in [0.25, 0.3) is 0 Å². The van der Waals surface area contributed by atoms with Crippen LogP contribution in [0.15, 0.2) is 30.3 Å². The molecule has 0 spiro atoms. The fourth-order valence-corrected chi connectivity index (χ4v) is 4.17. The minimum absolute atomic E-state index is 0.221. The van der Waals surface area contributed by atoms with Crippen LogP contribution in [-0.2, 0) is 6.42 Å². The summed E-state index contributed by atoms with van der Waals surface area (Å²) in [5.41, 5.74) is 7.68. The van der Waals surface area contributed by atoms with Gasteiger partial charge >= 0.3 is 0 Å². The highest BCUT2D eigenvalue weighted by Gasteiger charge is 2.39. The second-order valence-electron chi connectivity index (χ2n) is 5.41. The molecular weight excluding hydrogens is 240 g/mol. The number of nitrogens with two attached hydrogens (primary N) is 1. The van der Waals surface area contributed by atoms with Crippen molar-refractivity contribution in [1.82, 2.24) is 4.90 Å². The van der Waals surface area contributed by atoms with Crippen molar-refractivity contribution in [3.8, 4) is 0 Å². The van der Waals surface area contributed by atoms with Crippen LogP contribution in [0.1, 0.15) is 18.9 Å². The van der Waals surface area contributed by atoms with Gasteiger partial charge in [-0.15, -0.1) is 0 Å². The highest BCUT2D eigenvalue weighted by molar-refractivity contribution is 8.00. The van der Waals surface area contributed by atoms with Crippen molar-refractivity contribution in [3.63, 3.8) is 0 Å². The largest absolute Gasteiger partial charge is 0.329 e. The summed E-state index contributed by atoms with van der Waals surface area (Å²) in [6.07, 6.45) is 2.33. The van der Waals surface area contributed by atoms with Crippen molar-refractivity contribution in [2.45, 2.75) is 30.6 Å². The maximum atomic E-state index is 6.05. The Balaban J connectivity index is 1.92. The Morgan fingerprint density at radius 3 is 2.67 bits per heavy atom. The average molecular weight is 264 g/mol. The van der Waals surface area contributed by atoms with E-state index in [0.29, 0.717) is 0 Å². The van der Waals surface area contributed by atoms with Crippen LogP contribution >= 0.6 is 11.8 Å². The van der Waals surface area contributed by atoms with E-state index in [-0.39, 0.29) is 5.54 Å². The predicted octanol–water partition coefficient (Wildman–Crippen LogP) is 2.38. The van der Waals surface area contributed by atoms with Gasteiger partial charge in [0.25, 0.3) is 0 Å². The number of hydrogen-bond donors (Lipinski definition) is 1. The molecule has 1 heterocycles. The van der Waals surface area contributed by atoms with Crippen LogP contribution in [0.5, 0.6) is 0 Å². The molecule has 0 saturated carbocycles. The third-order valence-electron chi connectivity index (χ3n) is 4.07. The molecular formula is C15H24N2S. The fourth-order valence-electron chi connectivity index (χ4n) is 2.69. The third-order valence-corrected chi connectivity index (χ3v) is 5.51. The number of rotatable bonds is 5. The summed E-state index contributed by atoms with van der Waals surface area (Å²) >= 11 is 2.06. The zero-order valence-electron chi connectivity index (χ0n) is 11.4. The molecule has 0 bridgehead atoms. The topological polar surface area (TPSA) is 29.3 Å². The molecule has 1 fully saturated rings. The molecule has 2 N–H and O–H groups in total. The number of likely N-dealkylation sites (N-methyl/N-ethyl adjacent to an activating group) is 1. The first-order valence-electron chi connectivity index (χ1n) is 6.73. The number of nitrogens with zero attached hydrogens (tertiary/aromatic N) is 1. The van der Waals surface area contributed by atoms with Gasteiger partial charge in [0.05, 0.1) is 0 Å². The molecule has 0 aromatic heterocycles. The second-order valence-corrected chi connectivity index (χ2v) is 6.84. The summed E-state index contributed by atoms with van der Waals surface area (Å²) < 4.78 is 0. The van der Waals surface area contributed by atoms with Gasteiger partial charge in [0.2, 0.25) is 0 Å². The number of benzene rings is 1. The predicted molar refractivity (Wildman–Crippen MR) is 81.1 cm³/mol. The zero-order valence-corrected chi connectivity index (χ0v) is 12.2. The van der Waals surface area contributed by atoms with E-state index in [1.807, 2.05) is 0 Å². The summed E-state index contributed by atoms with van der Waals surface area (Å²) in [4.78, 5) is 2.48. The molecule has 18 heavy (non-hydrogen) atoms. The lowest BCUT2D eigenvalue weighted by molar-refractivity contribution is 0.148. The molecule has 100 valence electrons. The minimum Gasteiger partial charge on any atom is -0.329 e. The average Bonchev–Trinajstić information content (AvgIpc) is 2.80. The minimum atomic E-state index is 0.221. The lowest BCUT2D eigenvalue weighted by Gasteiger charge is -2.37. The van der Waals surface area contributed by atoms with Crippen LogP contribution < -0.4 is 5.73 Å². The molecule has 2 unspecified atom stereocenters. The zero-order chi connectivity index (χ0) is 13.0. The van der Waals surface area contributed by atoms with Crippen molar-refractivity contribution >= 4 is 11.8 Å². The molecule has 3 heteroatoms. The van der Waals surface area contributed by atoms with Gasteiger partial charge in [-0.3, -0.25) is 4.90 Å². The van der Waals surface area contributed by atoms with Gasteiger partial charge in [-0.25, -0.2) is 0 Å². The maximum Gasteiger partial charge on any atom is 0.0429 e. The molecule has 1 aromatic rings. The molecule has 2 rings (SSSR count). The van der Waals surface area contributed by atoms with Gasteiger partial charge in [-0.1, -0.05) is 37.3 Å². The molecule has 2 nitrogen and oxygen atoms in total. The Morgan fingerprint density at radius 1 is 1.39 bits per heavy atom. The van der Waals surface area contributed by atoms with E-state index in [0.717, 1.165) is 24.8 Å². The van der Waals surface area contributed by atoms with Crippen molar-refractivity contribution in [2.24, 2.45) is 5.73 Å². The first-order valence-corrected chi connectivity index (χ1v) is 7.78. The highest BCUT2D eigenvalue weighted by atomic mass is 32.2. The standard InChI is InChI=1S/C15H24N2S/c1-13-10-15(11-16,12-18-13)17(2)9-8-14-6-4-3-5-7-14/h3-7,13H,8-12,16H2,1-2H3. The Morgan fingerprint density at radius 2 is 2.11 bits per heavy atom. The van der Waals surface area contributed by atoms with Crippen molar-refractivity contribution in [3.05, 3.63) is 35.9 Å². The molecule has 0 radical (unpaired) electrons. The first-order chi connectivity index (χ1) is 8.66. The monoisotopic (exact) mass is 264 g/mol. The number of thioether (sulfide) groups is 1. The van der Waals surface area contributed by atoms with Crippen LogP contribution in [-0.4, -0.2) is 41.6 Å². The highest BCUT2D eigenvalue weighted by Crippen LogP contribution is 2.37. The van der Waals surface area contributed by atoms with E-state index >= 15 is 0 Å². The molecule has 2 atom stereocenters. The summed E-state index contributed by atoms with van der Waals surface area (Å²) in [6, 6.07) is 10.7. The van der Waals surface area contributed by atoms with E-state index < -0.39 is 0 Å². The van der Waals surface area contributed by atoms with Crippen LogP contribution in [0.4, 0.5) is 0 Å². The van der Waals surface area contributed by atoms with E-state index in [1.54, 1.807) is 0 Å². The van der Waals surface area contributed by atoms with Crippen LogP contribution in [0.2, 0.25) is 0 Å². The van der Waals surface area contributed by atoms with Crippen LogP contribution in [0.3, 0.4) is 0 Å². The van der Waals surface area contributed by atoms with Gasteiger partial charge in [0.1, 0.15) is 0 Å². The SMILES string of the molecule is CC1CC(CN)(N(C)CCc2ccccc2)CS1. The smallest absolute Gasteiger partial charge is 0.0429 e. The van der Waals surface area contributed by atoms with E-state index in [1.165, 1.54) is 17.7 Å². The van der Waals surface area contributed by atoms with Crippen molar-refractivity contribution < 1.29 is 0 Å². The summed E-state index contributed by atoms with van der Waals surface area (Å²) in [5.74, 6) is 1.18. The Bertz CT molecular complexity index is 368. The maximum absolute atomic E-state index is 6.05. The molecule has 1 aliphatic heterocycles. The van der Waals surface area contributed by atoms with E-state index in [2.05, 4.69) is 61.0 Å². The normalized spacial score (nSPS) is 27.9. The van der Waals surface area contributed by atoms with Gasteiger partial charge in [-0.05, 0) is 25.5 Å². The van der Waals surface area contributed by atoms with Gasteiger partial charge in [-0.2, -0.15) is 11.8 Å². The molecule has 1 aliphatic rings. The summed E-state index contributed by atoms with van der Waals surface area (Å²) in [5, 5.41) is 0.743. The fraction of sp³-hybridized carbons (Fsp3) is 0.600. The molecule has 1 saturated heterocycles. The molecule has 1 aromatic carbocycles. The van der Waals surface area contributed by atoms with Gasteiger partial charge in [0, 0.05) is 29.6 Å². The van der Waals surface area contributed by atoms with Gasteiger partial charge in [0.15, 0.2) is 0 Å². The van der Waals surface area contributed by atoms with E-state index in [4.69, 9.17) is 5.73 Å². The quantitative estimate of drug-likeness (QED) is 0.885. The molecule has 0 aliphatic carbocycles. The van der Waals surface area contributed by atoms with Crippen LogP contribution in [0, 0.1) is 0 Å². The Hall–Kier alpha value is -0.510. The Kier molecular flexibility index (Phi) is 4.71. The second kappa shape index (κ2) is 6.09. The van der Waals surface area contributed by atoms with E-state index in [9.17, 15) is 0 Å². The number of hydrogen-bond acceptors (Lipinski definition) is 3. The molecule has 0 amide bonds. The van der Waals surface area contributed by atoms with Crippen molar-refractivity contribution in [2.75, 3.05) is 25.9 Å². The summed E-state index contributed by atoms with van der Waals surface area (Å²) in [7, 11) is 2.23. The van der Waals surface area contributed by atoms with Crippen molar-refractivity contribution in [1.29, 1.82) is 0 Å². The lowest BCUT2D eigenvalue weighted by atomic mass is 9.94. The first kappa shape index (κ1) is 13.9. The van der Waals surface area contributed by atoms with Gasteiger partial charge < -0.3 is 5.73 Å². The third kappa shape index (κ3) is 3.08. The summed E-state index contributed by atoms with van der Waals surface area (Å²) in [6.45, 7) is 4.18. The Labute approximate surface area is 115 Å².